The van der Waals surface area contributed by atoms with E-state index in [1.165, 1.54) is 0 Å². The van der Waals surface area contributed by atoms with E-state index in [1.54, 1.807) is 6.21 Å². The molecule has 3 rings (SSSR count). The van der Waals surface area contributed by atoms with Crippen molar-refractivity contribution in [3.05, 3.63) is 51.5 Å². The SMILES string of the molecule is Cc1cccc(C)c1NC(=S)N/N=C/c1cc2c(cc1Br)OCO2. The second kappa shape index (κ2) is 7.19. The molecule has 0 saturated carbocycles. The van der Waals surface area contributed by atoms with Gasteiger partial charge in [0.05, 0.1) is 6.21 Å². The summed E-state index contributed by atoms with van der Waals surface area (Å²) in [6, 6.07) is 9.80. The highest BCUT2D eigenvalue weighted by Gasteiger charge is 2.15. The molecular formula is C17H16BrN3O2S. The van der Waals surface area contributed by atoms with Gasteiger partial charge in [0, 0.05) is 15.7 Å². The number of anilines is 1. The van der Waals surface area contributed by atoms with Gasteiger partial charge in [0.2, 0.25) is 6.79 Å². The average Bonchev–Trinajstić information content (AvgIpc) is 2.98. The van der Waals surface area contributed by atoms with Crippen LogP contribution in [-0.2, 0) is 0 Å². The number of nitrogens with zero attached hydrogens (tertiary/aromatic N) is 1. The Hall–Kier alpha value is -2.12. The second-order valence-electron chi connectivity index (χ2n) is 5.32. The number of hydrazone groups is 1. The summed E-state index contributed by atoms with van der Waals surface area (Å²) in [5.74, 6) is 1.43. The summed E-state index contributed by atoms with van der Waals surface area (Å²) in [4.78, 5) is 0. The summed E-state index contributed by atoms with van der Waals surface area (Å²) in [5, 5.41) is 7.78. The van der Waals surface area contributed by atoms with Gasteiger partial charge in [-0.15, -0.1) is 0 Å². The fraction of sp³-hybridized carbons (Fsp3) is 0.176. The molecule has 0 unspecified atom stereocenters. The first kappa shape index (κ1) is 16.7. The van der Waals surface area contributed by atoms with Gasteiger partial charge in [-0.05, 0) is 65.3 Å². The summed E-state index contributed by atoms with van der Waals surface area (Å²) < 4.78 is 11.6. The Bertz CT molecular complexity index is 803. The van der Waals surface area contributed by atoms with E-state index in [-0.39, 0.29) is 6.79 Å². The predicted molar refractivity (Wildman–Crippen MR) is 103 cm³/mol. The van der Waals surface area contributed by atoms with Gasteiger partial charge in [0.25, 0.3) is 0 Å². The van der Waals surface area contributed by atoms with Gasteiger partial charge in [-0.3, -0.25) is 5.43 Å². The molecule has 1 aliphatic heterocycles. The Labute approximate surface area is 154 Å². The first-order valence-electron chi connectivity index (χ1n) is 7.30. The van der Waals surface area contributed by atoms with Gasteiger partial charge in [-0.2, -0.15) is 5.10 Å². The Balaban J connectivity index is 1.65. The lowest BCUT2D eigenvalue weighted by Gasteiger charge is -2.12. The molecule has 0 radical (unpaired) electrons. The molecule has 0 bridgehead atoms. The molecule has 7 heteroatoms. The van der Waals surface area contributed by atoms with Crippen LogP contribution in [0.1, 0.15) is 16.7 Å². The predicted octanol–water partition coefficient (Wildman–Crippen LogP) is 4.12. The first-order valence-corrected chi connectivity index (χ1v) is 8.50. The highest BCUT2D eigenvalue weighted by molar-refractivity contribution is 9.10. The molecule has 0 aromatic heterocycles. The van der Waals surface area contributed by atoms with Crippen LogP contribution in [0.15, 0.2) is 39.9 Å². The molecule has 2 aromatic rings. The Kier molecular flexibility index (Phi) is 5.01. The standard InChI is InChI=1S/C17H16BrN3O2S/c1-10-4-3-5-11(2)16(10)20-17(24)21-19-8-12-6-14-15(7-13(12)18)23-9-22-14/h3-8H,9H2,1-2H3,(H2,20,21,24)/b19-8+. The highest BCUT2D eigenvalue weighted by atomic mass is 79.9. The number of hydrogen-bond donors (Lipinski definition) is 2. The zero-order valence-electron chi connectivity index (χ0n) is 13.2. The minimum atomic E-state index is 0.240. The van der Waals surface area contributed by atoms with Crippen molar-refractivity contribution < 1.29 is 9.47 Å². The zero-order valence-corrected chi connectivity index (χ0v) is 15.6. The molecule has 5 nitrogen and oxygen atoms in total. The second-order valence-corrected chi connectivity index (χ2v) is 6.58. The Morgan fingerprint density at radius 1 is 1.21 bits per heavy atom. The van der Waals surface area contributed by atoms with Crippen LogP contribution in [0.25, 0.3) is 0 Å². The Morgan fingerprint density at radius 3 is 2.58 bits per heavy atom. The Morgan fingerprint density at radius 2 is 1.88 bits per heavy atom. The molecule has 0 amide bonds. The third-order valence-corrected chi connectivity index (χ3v) is 4.46. The van der Waals surface area contributed by atoms with Crippen LogP contribution in [0.4, 0.5) is 5.69 Å². The van der Waals surface area contributed by atoms with Gasteiger partial charge >= 0.3 is 0 Å². The molecule has 0 spiro atoms. The maximum absolute atomic E-state index is 5.36. The van der Waals surface area contributed by atoms with Gasteiger partial charge < -0.3 is 14.8 Å². The summed E-state index contributed by atoms with van der Waals surface area (Å²) in [5.41, 5.74) is 6.94. The molecule has 2 N–H and O–H groups in total. The van der Waals surface area contributed by atoms with E-state index in [1.807, 2.05) is 44.2 Å². The fourth-order valence-electron chi connectivity index (χ4n) is 2.35. The number of ether oxygens (including phenoxy) is 2. The number of para-hydroxylation sites is 1. The minimum Gasteiger partial charge on any atom is -0.454 e. The molecule has 0 atom stereocenters. The number of aryl methyl sites for hydroxylation is 2. The molecule has 124 valence electrons. The lowest BCUT2D eigenvalue weighted by atomic mass is 10.1. The third-order valence-electron chi connectivity index (χ3n) is 3.58. The molecule has 0 saturated heterocycles. The van der Waals surface area contributed by atoms with Crippen molar-refractivity contribution in [3.8, 4) is 11.5 Å². The summed E-state index contributed by atoms with van der Waals surface area (Å²) >= 11 is 8.78. The number of rotatable bonds is 3. The average molecular weight is 406 g/mol. The first-order chi connectivity index (χ1) is 11.5. The monoisotopic (exact) mass is 405 g/mol. The van der Waals surface area contributed by atoms with E-state index >= 15 is 0 Å². The number of nitrogens with one attached hydrogen (secondary N) is 2. The van der Waals surface area contributed by atoms with E-state index in [0.717, 1.165) is 32.6 Å². The summed E-state index contributed by atoms with van der Waals surface area (Å²) in [7, 11) is 0. The van der Waals surface area contributed by atoms with E-state index in [2.05, 4.69) is 31.8 Å². The quantitative estimate of drug-likeness (QED) is 0.457. The van der Waals surface area contributed by atoms with Crippen molar-refractivity contribution in [3.63, 3.8) is 0 Å². The van der Waals surface area contributed by atoms with Crippen LogP contribution in [0.3, 0.4) is 0 Å². The number of halogens is 1. The molecule has 0 fully saturated rings. The van der Waals surface area contributed by atoms with E-state index in [4.69, 9.17) is 21.7 Å². The van der Waals surface area contributed by atoms with Crippen LogP contribution in [0, 0.1) is 13.8 Å². The van der Waals surface area contributed by atoms with Gasteiger partial charge in [-0.25, -0.2) is 0 Å². The molecular weight excluding hydrogens is 390 g/mol. The third kappa shape index (κ3) is 3.68. The smallest absolute Gasteiger partial charge is 0.231 e. The van der Waals surface area contributed by atoms with Crippen molar-refractivity contribution >= 4 is 45.2 Å². The summed E-state index contributed by atoms with van der Waals surface area (Å²) in [6.07, 6.45) is 1.67. The van der Waals surface area contributed by atoms with Crippen molar-refractivity contribution in [1.29, 1.82) is 0 Å². The zero-order chi connectivity index (χ0) is 17.1. The van der Waals surface area contributed by atoms with Crippen LogP contribution >= 0.6 is 28.1 Å². The minimum absolute atomic E-state index is 0.240. The number of benzene rings is 2. The maximum atomic E-state index is 5.36. The fourth-order valence-corrected chi connectivity index (χ4v) is 2.92. The number of hydrogen-bond acceptors (Lipinski definition) is 4. The van der Waals surface area contributed by atoms with Gasteiger partial charge in [0.1, 0.15) is 0 Å². The number of fused-ring (bicyclic) bond motifs is 1. The number of thiocarbonyl (C=S) groups is 1. The van der Waals surface area contributed by atoms with E-state index in [9.17, 15) is 0 Å². The lowest BCUT2D eigenvalue weighted by Crippen LogP contribution is -2.24. The van der Waals surface area contributed by atoms with Gasteiger partial charge in [-0.1, -0.05) is 18.2 Å². The maximum Gasteiger partial charge on any atom is 0.231 e. The van der Waals surface area contributed by atoms with Gasteiger partial charge in [0.15, 0.2) is 16.6 Å². The van der Waals surface area contributed by atoms with E-state index in [0.29, 0.717) is 10.9 Å². The van der Waals surface area contributed by atoms with Crippen molar-refractivity contribution in [2.24, 2.45) is 5.10 Å². The topological polar surface area (TPSA) is 54.9 Å². The van der Waals surface area contributed by atoms with Crippen LogP contribution in [0.5, 0.6) is 11.5 Å². The summed E-state index contributed by atoms with van der Waals surface area (Å²) in [6.45, 7) is 4.31. The van der Waals surface area contributed by atoms with Crippen LogP contribution in [0.2, 0.25) is 0 Å². The van der Waals surface area contributed by atoms with Crippen molar-refractivity contribution in [1.82, 2.24) is 5.43 Å². The largest absolute Gasteiger partial charge is 0.454 e. The molecule has 1 heterocycles. The molecule has 24 heavy (non-hydrogen) atoms. The van der Waals surface area contributed by atoms with Crippen LogP contribution in [-0.4, -0.2) is 18.1 Å². The molecule has 2 aromatic carbocycles. The van der Waals surface area contributed by atoms with E-state index < -0.39 is 0 Å². The lowest BCUT2D eigenvalue weighted by molar-refractivity contribution is 0.174. The normalized spacial score (nSPS) is 12.5. The molecule has 0 aliphatic carbocycles. The van der Waals surface area contributed by atoms with Crippen molar-refractivity contribution in [2.45, 2.75) is 13.8 Å². The highest BCUT2D eigenvalue weighted by Crippen LogP contribution is 2.36. The molecule has 1 aliphatic rings. The van der Waals surface area contributed by atoms with Crippen LogP contribution < -0.4 is 20.2 Å². The van der Waals surface area contributed by atoms with Crippen molar-refractivity contribution in [2.75, 3.05) is 12.1 Å².